The van der Waals surface area contributed by atoms with Crippen LogP contribution in [0.5, 0.6) is 0 Å². The number of carbonyl (C=O) groups is 3. The zero-order chi connectivity index (χ0) is 23.1. The smallest absolute Gasteiger partial charge is 0.415 e. The normalized spacial score (nSPS) is 16.5. The molecule has 0 bridgehead atoms. The predicted molar refractivity (Wildman–Crippen MR) is 124 cm³/mol. The number of carboxylic acid groups (broad SMARTS) is 1. The van der Waals surface area contributed by atoms with Gasteiger partial charge in [-0.25, -0.2) is 9.59 Å². The lowest BCUT2D eigenvalue weighted by molar-refractivity contribution is -0.117. The van der Waals surface area contributed by atoms with E-state index in [4.69, 9.17) is 4.74 Å². The molecule has 5 rings (SSSR count). The number of hydrogen-bond donors (Lipinski definition) is 2. The maximum absolute atomic E-state index is 13.3. The molecular weight excluding hydrogens is 420 g/mol. The molecule has 7 nitrogen and oxygen atoms in total. The summed E-state index contributed by atoms with van der Waals surface area (Å²) in [5, 5.41) is 12.0. The van der Waals surface area contributed by atoms with Gasteiger partial charge in [0.25, 0.3) is 0 Å². The second kappa shape index (κ2) is 8.09. The van der Waals surface area contributed by atoms with Gasteiger partial charge in [-0.3, -0.25) is 9.69 Å². The Morgan fingerprint density at radius 1 is 1.00 bits per heavy atom. The van der Waals surface area contributed by atoms with Crippen LogP contribution < -0.4 is 10.2 Å². The minimum absolute atomic E-state index is 0.0245. The van der Waals surface area contributed by atoms with Gasteiger partial charge in [0.2, 0.25) is 5.91 Å². The minimum atomic E-state index is -1.11. The van der Waals surface area contributed by atoms with Gasteiger partial charge in [0, 0.05) is 5.92 Å². The number of ether oxygens (including phenoxy) is 1. The van der Waals surface area contributed by atoms with Crippen LogP contribution in [-0.2, 0) is 9.53 Å². The van der Waals surface area contributed by atoms with E-state index in [9.17, 15) is 19.5 Å². The van der Waals surface area contributed by atoms with Crippen molar-refractivity contribution in [3.05, 3.63) is 83.4 Å². The molecule has 3 aromatic rings. The van der Waals surface area contributed by atoms with Crippen LogP contribution in [-0.4, -0.2) is 35.7 Å². The molecule has 2 aliphatic rings. The molecule has 1 aliphatic carbocycles. The lowest BCUT2D eigenvalue weighted by atomic mass is 9.98. The summed E-state index contributed by atoms with van der Waals surface area (Å²) in [6, 6.07) is 19.7. The Morgan fingerprint density at radius 2 is 1.64 bits per heavy atom. The van der Waals surface area contributed by atoms with E-state index in [1.54, 1.807) is 0 Å². The van der Waals surface area contributed by atoms with E-state index in [0.29, 0.717) is 12.1 Å². The van der Waals surface area contributed by atoms with Gasteiger partial charge >= 0.3 is 12.1 Å². The first-order chi connectivity index (χ1) is 16.0. The molecule has 1 heterocycles. The summed E-state index contributed by atoms with van der Waals surface area (Å²) in [4.78, 5) is 38.6. The summed E-state index contributed by atoms with van der Waals surface area (Å²) in [7, 11) is 0. The maximum atomic E-state index is 13.3. The maximum Gasteiger partial charge on any atom is 0.415 e. The number of fused-ring (bicyclic) bond motifs is 4. The molecular formula is C26H22N2O5. The molecule has 3 aromatic carbocycles. The highest BCUT2D eigenvalue weighted by Gasteiger charge is 2.38. The molecule has 2 N–H and O–H groups in total. The van der Waals surface area contributed by atoms with Crippen LogP contribution in [0.4, 0.5) is 16.2 Å². The molecule has 2 amide bonds. The molecule has 0 spiro atoms. The number of amides is 2. The van der Waals surface area contributed by atoms with E-state index in [1.165, 1.54) is 23.1 Å². The SMILES string of the molecule is CCC1C(=O)Nc2cc(C(=O)O)ccc2N1C(=O)OCC1c2ccccc2-c2ccccc21. The zero-order valence-electron chi connectivity index (χ0n) is 17.9. The molecule has 0 fully saturated rings. The third kappa shape index (κ3) is 3.42. The fourth-order valence-electron chi connectivity index (χ4n) is 4.74. The average Bonchev–Trinajstić information content (AvgIpc) is 3.15. The third-order valence-electron chi connectivity index (χ3n) is 6.29. The van der Waals surface area contributed by atoms with Gasteiger partial charge in [-0.1, -0.05) is 55.5 Å². The number of aromatic carboxylic acids is 1. The van der Waals surface area contributed by atoms with Gasteiger partial charge in [0.1, 0.15) is 12.6 Å². The average molecular weight is 442 g/mol. The number of anilines is 2. The van der Waals surface area contributed by atoms with Gasteiger partial charge in [-0.15, -0.1) is 0 Å². The lowest BCUT2D eigenvalue weighted by Crippen LogP contribution is -2.51. The molecule has 1 aliphatic heterocycles. The molecule has 166 valence electrons. The number of carbonyl (C=O) groups excluding carboxylic acids is 2. The molecule has 33 heavy (non-hydrogen) atoms. The quantitative estimate of drug-likeness (QED) is 0.601. The van der Waals surface area contributed by atoms with Crippen molar-refractivity contribution >= 4 is 29.3 Å². The lowest BCUT2D eigenvalue weighted by Gasteiger charge is -2.35. The number of hydrogen-bond acceptors (Lipinski definition) is 4. The molecule has 0 aromatic heterocycles. The van der Waals surface area contributed by atoms with E-state index in [-0.39, 0.29) is 29.7 Å². The Morgan fingerprint density at radius 3 is 2.24 bits per heavy atom. The summed E-state index contributed by atoms with van der Waals surface area (Å²) >= 11 is 0. The second-order valence-electron chi connectivity index (χ2n) is 8.12. The van der Waals surface area contributed by atoms with Crippen LogP contribution in [0, 0.1) is 0 Å². The van der Waals surface area contributed by atoms with Crippen molar-refractivity contribution in [2.24, 2.45) is 0 Å². The number of carboxylic acids is 1. The monoisotopic (exact) mass is 442 g/mol. The summed E-state index contributed by atoms with van der Waals surface area (Å²) < 4.78 is 5.78. The molecule has 0 saturated carbocycles. The first-order valence-corrected chi connectivity index (χ1v) is 10.8. The van der Waals surface area contributed by atoms with E-state index in [0.717, 1.165) is 22.3 Å². The molecule has 0 radical (unpaired) electrons. The van der Waals surface area contributed by atoms with Crippen LogP contribution in [0.25, 0.3) is 11.1 Å². The van der Waals surface area contributed by atoms with Crippen LogP contribution in [0.3, 0.4) is 0 Å². The van der Waals surface area contributed by atoms with Gasteiger partial charge < -0.3 is 15.2 Å². The standard InChI is InChI=1S/C26H22N2O5/c1-2-22-24(29)27-21-13-15(25(30)31)11-12-23(21)28(22)26(32)33-14-20-18-9-5-3-7-16(18)17-8-4-6-10-19(17)20/h3-13,20,22H,2,14H2,1H3,(H,27,29)(H,30,31). The minimum Gasteiger partial charge on any atom is -0.478 e. The van der Waals surface area contributed by atoms with Crippen molar-refractivity contribution in [1.82, 2.24) is 0 Å². The molecule has 1 unspecified atom stereocenters. The molecule has 1 atom stereocenters. The molecule has 0 saturated heterocycles. The number of benzene rings is 3. The Balaban J connectivity index is 1.44. The van der Waals surface area contributed by atoms with Crippen LogP contribution >= 0.6 is 0 Å². The highest BCUT2D eigenvalue weighted by molar-refractivity contribution is 6.11. The Hall–Kier alpha value is -4.13. The van der Waals surface area contributed by atoms with Crippen molar-refractivity contribution in [2.75, 3.05) is 16.8 Å². The summed E-state index contributed by atoms with van der Waals surface area (Å²) in [6.07, 6.45) is -0.251. The Labute approximate surface area is 190 Å². The first kappa shape index (κ1) is 20.8. The van der Waals surface area contributed by atoms with Gasteiger partial charge in [0.15, 0.2) is 0 Å². The Kier molecular flexibility index (Phi) is 5.09. The van der Waals surface area contributed by atoms with Crippen molar-refractivity contribution in [3.8, 4) is 11.1 Å². The van der Waals surface area contributed by atoms with Crippen molar-refractivity contribution in [3.63, 3.8) is 0 Å². The topological polar surface area (TPSA) is 95.9 Å². The highest BCUT2D eigenvalue weighted by Crippen LogP contribution is 2.44. The highest BCUT2D eigenvalue weighted by atomic mass is 16.6. The number of nitrogens with zero attached hydrogens (tertiary/aromatic N) is 1. The summed E-state index contributed by atoms with van der Waals surface area (Å²) in [5.41, 5.74) is 5.18. The van der Waals surface area contributed by atoms with Crippen LogP contribution in [0.15, 0.2) is 66.7 Å². The van der Waals surface area contributed by atoms with E-state index in [1.807, 2.05) is 43.3 Å². The number of rotatable bonds is 4. The first-order valence-electron chi connectivity index (χ1n) is 10.8. The van der Waals surface area contributed by atoms with E-state index in [2.05, 4.69) is 17.4 Å². The van der Waals surface area contributed by atoms with Crippen molar-refractivity contribution < 1.29 is 24.2 Å². The zero-order valence-corrected chi connectivity index (χ0v) is 17.9. The van der Waals surface area contributed by atoms with E-state index >= 15 is 0 Å². The summed E-state index contributed by atoms with van der Waals surface area (Å²) in [6.45, 7) is 1.94. The van der Waals surface area contributed by atoms with Gasteiger partial charge in [-0.05, 0) is 46.9 Å². The fraction of sp³-hybridized carbons (Fsp3) is 0.192. The van der Waals surface area contributed by atoms with Gasteiger partial charge in [0.05, 0.1) is 16.9 Å². The summed E-state index contributed by atoms with van der Waals surface area (Å²) in [5.74, 6) is -1.59. The second-order valence-corrected chi connectivity index (χ2v) is 8.12. The third-order valence-corrected chi connectivity index (χ3v) is 6.29. The van der Waals surface area contributed by atoms with Crippen LogP contribution in [0.1, 0.15) is 40.7 Å². The predicted octanol–water partition coefficient (Wildman–Crippen LogP) is 4.87. The van der Waals surface area contributed by atoms with Crippen molar-refractivity contribution in [2.45, 2.75) is 25.3 Å². The van der Waals surface area contributed by atoms with Crippen LogP contribution in [0.2, 0.25) is 0 Å². The van der Waals surface area contributed by atoms with E-state index < -0.39 is 18.1 Å². The van der Waals surface area contributed by atoms with Crippen molar-refractivity contribution in [1.29, 1.82) is 0 Å². The molecule has 7 heteroatoms. The number of nitrogens with one attached hydrogen (secondary N) is 1. The fourth-order valence-corrected chi connectivity index (χ4v) is 4.74. The Bertz CT molecular complexity index is 1240. The largest absolute Gasteiger partial charge is 0.478 e. The van der Waals surface area contributed by atoms with Gasteiger partial charge in [-0.2, -0.15) is 0 Å².